The third kappa shape index (κ3) is 52.8. The van der Waals surface area contributed by atoms with Crippen LogP contribution in [0.15, 0.2) is 83.0 Å². The summed E-state index contributed by atoms with van der Waals surface area (Å²) in [5, 5.41) is 14.4. The molecule has 19 nitrogen and oxygen atoms in total. The maximum atomic E-state index is 15.0. The topological polar surface area (TPSA) is 242 Å². The van der Waals surface area contributed by atoms with Gasteiger partial charge in [0.25, 0.3) is 5.91 Å². The zero-order chi connectivity index (χ0) is 76.4. The average molecular weight is 1570 g/mol. The lowest BCUT2D eigenvalue weighted by molar-refractivity contribution is -0.144. The molecule has 106 heavy (non-hydrogen) atoms. The van der Waals surface area contributed by atoms with E-state index in [4.69, 9.17) is 37.9 Å². The summed E-state index contributed by atoms with van der Waals surface area (Å²) in [5.74, 6) is 4.11. The normalized spacial score (nSPS) is 12.1. The Bertz CT molecular complexity index is 2700. The number of Topliss-reactive ketones (excluding diaryl/α,β-unsaturated/α-hetero) is 1. The van der Waals surface area contributed by atoms with E-state index in [0.29, 0.717) is 133 Å². The first kappa shape index (κ1) is 95.1. The molecule has 24 heteroatoms. The summed E-state index contributed by atoms with van der Waals surface area (Å²) >= 11 is 8.28. The number of ether oxygens (including phenoxy) is 8. The summed E-state index contributed by atoms with van der Waals surface area (Å²) in [4.78, 5) is 93.0. The number of hydrogen-bond donors (Lipinski definition) is 2. The van der Waals surface area contributed by atoms with Crippen LogP contribution in [0.2, 0.25) is 0 Å². The van der Waals surface area contributed by atoms with E-state index in [1.54, 1.807) is 101 Å². The van der Waals surface area contributed by atoms with E-state index in [-0.39, 0.29) is 105 Å². The molecule has 0 bridgehead atoms. The van der Waals surface area contributed by atoms with Crippen LogP contribution in [0.4, 0.5) is 11.4 Å². The summed E-state index contributed by atoms with van der Waals surface area (Å²) < 4.78 is 47.4. The minimum atomic E-state index is -0.695. The zero-order valence-corrected chi connectivity index (χ0v) is 69.0. The van der Waals surface area contributed by atoms with Crippen LogP contribution in [0.1, 0.15) is 238 Å². The SMILES string of the molecule is CCCCCCCC(=O)OCCSCC(COc1cc(OCC(CSCCOC(=O)CCCCCCC)SCCOC(=O)CCCCCCC)cc(C(=O)CC(CCCCNC(=O)COc2ccc(N=Nc3ccccc3)cc2)C(=O)NCCSCCCOCCC)c1)SCCOC(=O)CCCCCCC. The second kappa shape index (κ2) is 66.8. The standard InChI is InChI=1S/C82H130N4O15S5/c1-6-11-15-19-26-36-78(89)95-48-54-103-65-74(105-56-50-97-80(91)38-28-21-17-13-8-3)62-99-72-58-68(59-73(61-72)100-63-75(106-57-51-98-81(92)39-29-22-18-14-9-4)66-104-55-49-96-79(90)37-27-20-16-12-7-2)76(87)60-67(82(93)84-45-53-102-52-32-47-94-46-10-5)33-30-31-44-83-77(88)64-101-71-42-40-70(41-43-71)86-85-69-34-24-23-25-35-69/h23-25,34-35,40-43,58-59,61,67,74-75H,6-22,26-33,36-39,44-57,60,62-66H2,1-5H3,(H,83,88)(H,84,93). The van der Waals surface area contributed by atoms with Gasteiger partial charge in [0.1, 0.15) is 56.9 Å². The summed E-state index contributed by atoms with van der Waals surface area (Å²) in [6.07, 6.45) is 25.6. The van der Waals surface area contributed by atoms with Crippen molar-refractivity contribution >= 4 is 112 Å². The zero-order valence-electron chi connectivity index (χ0n) is 64.9. The molecule has 3 aromatic carbocycles. The van der Waals surface area contributed by atoms with Crippen LogP contribution >= 0.6 is 58.8 Å². The number of thioether (sulfide) groups is 5. The van der Waals surface area contributed by atoms with E-state index in [2.05, 4.69) is 55.5 Å². The molecule has 0 aliphatic heterocycles. The minimum Gasteiger partial charge on any atom is -0.492 e. The number of rotatable bonds is 71. The van der Waals surface area contributed by atoms with Crippen molar-refractivity contribution in [3.63, 3.8) is 0 Å². The van der Waals surface area contributed by atoms with E-state index < -0.39 is 5.92 Å². The second-order valence-corrected chi connectivity index (χ2v) is 32.7. The fourth-order valence-corrected chi connectivity index (χ4v) is 15.7. The largest absolute Gasteiger partial charge is 0.492 e. The Morgan fingerprint density at radius 1 is 0.406 bits per heavy atom. The fraction of sp³-hybridized carbons (Fsp3) is 0.695. The Hall–Kier alpha value is -5.14. The first-order chi connectivity index (χ1) is 51.8. The van der Waals surface area contributed by atoms with Gasteiger partial charge in [0.05, 0.1) is 11.4 Å². The van der Waals surface area contributed by atoms with Crippen LogP contribution in [0.3, 0.4) is 0 Å². The van der Waals surface area contributed by atoms with Gasteiger partial charge in [-0.15, -0.1) is 0 Å². The van der Waals surface area contributed by atoms with Crippen LogP contribution in [-0.2, 0) is 52.5 Å². The molecule has 0 aromatic heterocycles. The number of amides is 2. The van der Waals surface area contributed by atoms with Crippen molar-refractivity contribution in [2.24, 2.45) is 16.1 Å². The van der Waals surface area contributed by atoms with Gasteiger partial charge in [-0.3, -0.25) is 33.6 Å². The monoisotopic (exact) mass is 1570 g/mol. The summed E-state index contributed by atoms with van der Waals surface area (Å²) in [6, 6.07) is 21.6. The summed E-state index contributed by atoms with van der Waals surface area (Å²) in [5.41, 5.74) is 1.69. The van der Waals surface area contributed by atoms with Crippen molar-refractivity contribution in [1.82, 2.24) is 10.6 Å². The van der Waals surface area contributed by atoms with Gasteiger partial charge in [-0.1, -0.05) is 162 Å². The lowest BCUT2D eigenvalue weighted by atomic mass is 9.92. The molecule has 0 spiro atoms. The van der Waals surface area contributed by atoms with E-state index in [1.807, 2.05) is 30.3 Å². The van der Waals surface area contributed by atoms with Gasteiger partial charge in [0.2, 0.25) is 5.91 Å². The number of hydrogen-bond acceptors (Lipinski definition) is 22. The van der Waals surface area contributed by atoms with Crippen LogP contribution < -0.4 is 24.8 Å². The number of ketones is 1. The first-order valence-corrected chi connectivity index (χ1v) is 45.3. The van der Waals surface area contributed by atoms with Crippen LogP contribution in [-0.4, -0.2) is 171 Å². The number of unbranched alkanes of at least 4 members (excludes halogenated alkanes) is 17. The van der Waals surface area contributed by atoms with E-state index >= 15 is 0 Å². The molecular formula is C82H130N4O15S5. The highest BCUT2D eigenvalue weighted by Gasteiger charge is 2.25. The van der Waals surface area contributed by atoms with Crippen LogP contribution in [0.5, 0.6) is 17.2 Å². The molecule has 0 aliphatic rings. The molecule has 0 radical (unpaired) electrons. The third-order valence-corrected chi connectivity index (χ3v) is 22.9. The molecule has 0 saturated heterocycles. The summed E-state index contributed by atoms with van der Waals surface area (Å²) in [7, 11) is 0. The number of nitrogens with zero attached hydrogens (tertiary/aromatic N) is 2. The maximum Gasteiger partial charge on any atom is 0.305 e. The smallest absolute Gasteiger partial charge is 0.305 e. The second-order valence-electron chi connectivity index (χ2n) is 26.3. The molecular weight excluding hydrogens is 1440 g/mol. The van der Waals surface area contributed by atoms with Gasteiger partial charge in [-0.05, 0) is 106 Å². The Morgan fingerprint density at radius 3 is 1.36 bits per heavy atom. The Labute approximate surface area is 657 Å². The lowest BCUT2D eigenvalue weighted by Crippen LogP contribution is -2.34. The van der Waals surface area contributed by atoms with Gasteiger partial charge >= 0.3 is 23.9 Å². The van der Waals surface area contributed by atoms with Gasteiger partial charge < -0.3 is 48.5 Å². The quantitative estimate of drug-likeness (QED) is 0.0175. The average Bonchev–Trinajstić information content (AvgIpc) is 0.832. The highest BCUT2D eigenvalue weighted by Crippen LogP contribution is 2.30. The van der Waals surface area contributed by atoms with Gasteiger partial charge in [0.15, 0.2) is 12.4 Å². The molecule has 0 saturated carbocycles. The first-order valence-electron chi connectivity index (χ1n) is 39.7. The number of carbonyl (C=O) groups excluding carboxylic acids is 7. The van der Waals surface area contributed by atoms with E-state index in [9.17, 15) is 33.6 Å². The molecule has 598 valence electrons. The van der Waals surface area contributed by atoms with Gasteiger partial charge in [-0.2, -0.15) is 69.0 Å². The predicted octanol–water partition coefficient (Wildman–Crippen LogP) is 19.4. The van der Waals surface area contributed by atoms with Crippen molar-refractivity contribution in [2.45, 2.75) is 238 Å². The Kier molecular flexibility index (Phi) is 59.9. The Morgan fingerprint density at radius 2 is 0.877 bits per heavy atom. The van der Waals surface area contributed by atoms with E-state index in [0.717, 1.165) is 159 Å². The predicted molar refractivity (Wildman–Crippen MR) is 440 cm³/mol. The van der Waals surface area contributed by atoms with Crippen molar-refractivity contribution in [3.8, 4) is 17.2 Å². The minimum absolute atomic E-state index is 0.102. The van der Waals surface area contributed by atoms with Crippen molar-refractivity contribution in [2.75, 3.05) is 119 Å². The lowest BCUT2D eigenvalue weighted by Gasteiger charge is -2.20. The molecule has 3 aromatic rings. The van der Waals surface area contributed by atoms with Gasteiger partial charge in [-0.25, -0.2) is 0 Å². The number of benzene rings is 3. The molecule has 3 atom stereocenters. The van der Waals surface area contributed by atoms with Crippen molar-refractivity contribution in [3.05, 3.63) is 78.4 Å². The third-order valence-electron chi connectivity index (χ3n) is 16.8. The fourth-order valence-electron chi connectivity index (χ4n) is 10.8. The van der Waals surface area contributed by atoms with Crippen molar-refractivity contribution < 1.29 is 71.5 Å². The molecule has 2 amide bonds. The molecule has 0 heterocycles. The number of esters is 4. The Balaban J connectivity index is 1.89. The molecule has 0 fully saturated rings. The number of azo groups is 1. The number of carbonyl (C=O) groups is 7. The molecule has 3 unspecified atom stereocenters. The van der Waals surface area contributed by atoms with E-state index in [1.165, 1.54) is 0 Å². The van der Waals surface area contributed by atoms with Gasteiger partial charge in [0, 0.05) is 127 Å². The molecule has 2 N–H and O–H groups in total. The summed E-state index contributed by atoms with van der Waals surface area (Å²) in [6.45, 7) is 14.2. The highest BCUT2D eigenvalue weighted by molar-refractivity contribution is 8.03. The molecule has 0 aliphatic carbocycles. The van der Waals surface area contributed by atoms with Crippen LogP contribution in [0.25, 0.3) is 0 Å². The van der Waals surface area contributed by atoms with Crippen LogP contribution in [0, 0.1) is 5.92 Å². The van der Waals surface area contributed by atoms with Crippen molar-refractivity contribution in [1.29, 1.82) is 0 Å². The maximum absolute atomic E-state index is 15.0. The number of nitrogens with one attached hydrogen (secondary N) is 2. The molecule has 3 rings (SSSR count). The highest BCUT2D eigenvalue weighted by atomic mass is 32.2.